The number of amides is 1. The van der Waals surface area contributed by atoms with E-state index >= 15 is 0 Å². The van der Waals surface area contributed by atoms with Crippen LogP contribution in [0, 0.1) is 11.8 Å². The maximum absolute atomic E-state index is 13.1. The SMILES string of the molecule is COc1ccc([C@H](CC(=O)OC(C)C)NC(=O)[C@H]2CCC[C@@H](C(F)(F)F)C2)cc1. The molecule has 1 aliphatic rings. The van der Waals surface area contributed by atoms with E-state index in [1.54, 1.807) is 38.1 Å². The molecule has 0 unspecified atom stereocenters. The number of halogens is 3. The van der Waals surface area contributed by atoms with Crippen LogP contribution in [0.3, 0.4) is 0 Å². The molecule has 0 spiro atoms. The van der Waals surface area contributed by atoms with Gasteiger partial charge in [0.2, 0.25) is 5.91 Å². The van der Waals surface area contributed by atoms with Gasteiger partial charge in [0, 0.05) is 5.92 Å². The molecular weight excluding hydrogens is 387 g/mol. The Labute approximate surface area is 168 Å². The highest BCUT2D eigenvalue weighted by Crippen LogP contribution is 2.40. The summed E-state index contributed by atoms with van der Waals surface area (Å²) in [5.41, 5.74) is 0.656. The first-order chi connectivity index (χ1) is 13.6. The fourth-order valence-corrected chi connectivity index (χ4v) is 3.58. The lowest BCUT2D eigenvalue weighted by Crippen LogP contribution is -2.39. The molecule has 1 aromatic carbocycles. The second-order valence-electron chi connectivity index (χ2n) is 7.68. The number of hydrogen-bond donors (Lipinski definition) is 1. The molecule has 1 aromatic rings. The van der Waals surface area contributed by atoms with Crippen LogP contribution in [0.15, 0.2) is 24.3 Å². The largest absolute Gasteiger partial charge is 0.497 e. The van der Waals surface area contributed by atoms with Gasteiger partial charge in [-0.05, 0) is 50.8 Å². The predicted molar refractivity (Wildman–Crippen MR) is 101 cm³/mol. The second kappa shape index (κ2) is 9.98. The van der Waals surface area contributed by atoms with Crippen molar-refractivity contribution in [1.29, 1.82) is 0 Å². The van der Waals surface area contributed by atoms with E-state index in [-0.39, 0.29) is 25.4 Å². The van der Waals surface area contributed by atoms with Crippen molar-refractivity contribution in [3.8, 4) is 5.75 Å². The lowest BCUT2D eigenvalue weighted by molar-refractivity contribution is -0.186. The summed E-state index contributed by atoms with van der Waals surface area (Å²) in [6.07, 6.45) is -4.12. The first kappa shape index (κ1) is 23.0. The molecule has 8 heteroatoms. The number of esters is 1. The number of benzene rings is 1. The summed E-state index contributed by atoms with van der Waals surface area (Å²) >= 11 is 0. The Hall–Kier alpha value is -2.25. The Morgan fingerprint density at radius 3 is 2.38 bits per heavy atom. The van der Waals surface area contributed by atoms with Crippen LogP contribution in [0.1, 0.15) is 57.6 Å². The summed E-state index contributed by atoms with van der Waals surface area (Å²) in [6.45, 7) is 3.44. The molecule has 162 valence electrons. The molecule has 0 heterocycles. The molecule has 1 N–H and O–H groups in total. The molecule has 1 saturated carbocycles. The van der Waals surface area contributed by atoms with Crippen molar-refractivity contribution in [2.45, 2.75) is 64.3 Å². The van der Waals surface area contributed by atoms with Gasteiger partial charge >= 0.3 is 12.1 Å². The number of rotatable bonds is 7. The Kier molecular flexibility index (Phi) is 7.93. The molecule has 1 fully saturated rings. The highest BCUT2D eigenvalue weighted by atomic mass is 19.4. The first-order valence-electron chi connectivity index (χ1n) is 9.80. The summed E-state index contributed by atoms with van der Waals surface area (Å²) in [7, 11) is 1.52. The zero-order valence-electron chi connectivity index (χ0n) is 16.9. The van der Waals surface area contributed by atoms with Crippen molar-refractivity contribution in [2.75, 3.05) is 7.11 Å². The molecule has 5 nitrogen and oxygen atoms in total. The summed E-state index contributed by atoms with van der Waals surface area (Å²) < 4.78 is 49.5. The monoisotopic (exact) mass is 415 g/mol. The van der Waals surface area contributed by atoms with E-state index in [1.807, 2.05) is 0 Å². The van der Waals surface area contributed by atoms with Crippen LogP contribution in [0.25, 0.3) is 0 Å². The van der Waals surface area contributed by atoms with Crippen molar-refractivity contribution >= 4 is 11.9 Å². The number of hydrogen-bond acceptors (Lipinski definition) is 4. The number of carbonyl (C=O) groups is 2. The van der Waals surface area contributed by atoms with Gasteiger partial charge in [-0.1, -0.05) is 18.6 Å². The number of methoxy groups -OCH3 is 1. The Balaban J connectivity index is 2.12. The topological polar surface area (TPSA) is 64.6 Å². The smallest absolute Gasteiger partial charge is 0.391 e. The molecular formula is C21H28F3NO4. The minimum Gasteiger partial charge on any atom is -0.497 e. The van der Waals surface area contributed by atoms with Gasteiger partial charge in [0.05, 0.1) is 31.6 Å². The molecule has 29 heavy (non-hydrogen) atoms. The van der Waals surface area contributed by atoms with Crippen molar-refractivity contribution in [3.63, 3.8) is 0 Å². The quantitative estimate of drug-likeness (QED) is 0.663. The molecule has 3 atom stereocenters. The minimum absolute atomic E-state index is 0.0515. The summed E-state index contributed by atoms with van der Waals surface area (Å²) in [5.74, 6) is -2.52. The van der Waals surface area contributed by atoms with Crippen LogP contribution in [0.5, 0.6) is 5.75 Å². The van der Waals surface area contributed by atoms with E-state index in [2.05, 4.69) is 5.32 Å². The third kappa shape index (κ3) is 6.94. The van der Waals surface area contributed by atoms with Crippen molar-refractivity contribution in [2.24, 2.45) is 11.8 Å². The van der Waals surface area contributed by atoms with Gasteiger partial charge in [0.15, 0.2) is 0 Å². The third-order valence-electron chi connectivity index (χ3n) is 5.08. The molecule has 1 aliphatic carbocycles. The fourth-order valence-electron chi connectivity index (χ4n) is 3.58. The minimum atomic E-state index is -4.30. The van der Waals surface area contributed by atoms with Gasteiger partial charge < -0.3 is 14.8 Å². The van der Waals surface area contributed by atoms with E-state index in [0.29, 0.717) is 24.2 Å². The molecule has 0 saturated heterocycles. The second-order valence-corrected chi connectivity index (χ2v) is 7.68. The normalized spacial score (nSPS) is 20.8. The standard InChI is InChI=1S/C21H28F3NO4/c1-13(2)29-19(26)12-18(14-7-9-17(28-3)10-8-14)25-20(27)15-5-4-6-16(11-15)21(22,23)24/h7-10,13,15-16,18H,4-6,11-12H2,1-3H3,(H,25,27)/t15-,16+,18-/m0/s1. The molecule has 2 rings (SSSR count). The van der Waals surface area contributed by atoms with Gasteiger partial charge in [0.25, 0.3) is 0 Å². The van der Waals surface area contributed by atoms with E-state index in [9.17, 15) is 22.8 Å². The van der Waals surface area contributed by atoms with Gasteiger partial charge in [-0.25, -0.2) is 0 Å². The van der Waals surface area contributed by atoms with Gasteiger partial charge in [0.1, 0.15) is 5.75 Å². The zero-order chi connectivity index (χ0) is 21.6. The molecule has 0 aromatic heterocycles. The predicted octanol–water partition coefficient (Wildman–Crippen LogP) is 4.56. The van der Waals surface area contributed by atoms with Crippen LogP contribution in [0.2, 0.25) is 0 Å². The average Bonchev–Trinajstić information content (AvgIpc) is 2.66. The van der Waals surface area contributed by atoms with E-state index in [0.717, 1.165) is 0 Å². The Morgan fingerprint density at radius 2 is 1.83 bits per heavy atom. The summed E-state index contributed by atoms with van der Waals surface area (Å²) in [6, 6.07) is 6.13. The third-order valence-corrected chi connectivity index (χ3v) is 5.08. The van der Waals surface area contributed by atoms with Crippen LogP contribution in [0.4, 0.5) is 13.2 Å². The number of ether oxygens (including phenoxy) is 2. The van der Waals surface area contributed by atoms with Crippen molar-refractivity contribution < 1.29 is 32.2 Å². The summed E-state index contributed by atoms with van der Waals surface area (Å²) in [5, 5.41) is 2.77. The number of carbonyl (C=O) groups excluding carboxylic acids is 2. The maximum atomic E-state index is 13.1. The lowest BCUT2D eigenvalue weighted by Gasteiger charge is -2.31. The van der Waals surface area contributed by atoms with Crippen LogP contribution in [-0.2, 0) is 14.3 Å². The highest BCUT2D eigenvalue weighted by molar-refractivity contribution is 5.80. The number of nitrogens with one attached hydrogen (secondary N) is 1. The van der Waals surface area contributed by atoms with Gasteiger partial charge in [-0.15, -0.1) is 0 Å². The Morgan fingerprint density at radius 1 is 1.17 bits per heavy atom. The Bertz CT molecular complexity index is 688. The van der Waals surface area contributed by atoms with E-state index in [4.69, 9.17) is 9.47 Å². The fraction of sp³-hybridized carbons (Fsp3) is 0.619. The first-order valence-corrected chi connectivity index (χ1v) is 9.80. The molecule has 0 radical (unpaired) electrons. The molecule has 0 aliphatic heterocycles. The van der Waals surface area contributed by atoms with Crippen molar-refractivity contribution in [3.05, 3.63) is 29.8 Å². The van der Waals surface area contributed by atoms with Gasteiger partial charge in [-0.3, -0.25) is 9.59 Å². The van der Waals surface area contributed by atoms with E-state index in [1.165, 1.54) is 7.11 Å². The van der Waals surface area contributed by atoms with Crippen LogP contribution in [-0.4, -0.2) is 31.3 Å². The average molecular weight is 415 g/mol. The van der Waals surface area contributed by atoms with Crippen molar-refractivity contribution in [1.82, 2.24) is 5.32 Å². The maximum Gasteiger partial charge on any atom is 0.391 e. The van der Waals surface area contributed by atoms with Crippen LogP contribution < -0.4 is 10.1 Å². The van der Waals surface area contributed by atoms with Crippen LogP contribution >= 0.6 is 0 Å². The number of alkyl halides is 3. The van der Waals surface area contributed by atoms with E-state index < -0.39 is 35.9 Å². The highest BCUT2D eigenvalue weighted by Gasteiger charge is 2.43. The van der Waals surface area contributed by atoms with Gasteiger partial charge in [-0.2, -0.15) is 13.2 Å². The molecule has 1 amide bonds. The zero-order valence-corrected chi connectivity index (χ0v) is 16.9. The summed E-state index contributed by atoms with van der Waals surface area (Å²) in [4.78, 5) is 24.9. The molecule has 0 bridgehead atoms. The lowest BCUT2D eigenvalue weighted by atomic mass is 9.80.